The van der Waals surface area contributed by atoms with Crippen LogP contribution in [0.1, 0.15) is 5.56 Å². The number of hydrogen-bond donors (Lipinski definition) is 2. The third-order valence-corrected chi connectivity index (χ3v) is 3.35. The van der Waals surface area contributed by atoms with E-state index in [9.17, 15) is 15.2 Å². The molecule has 1 amide bonds. The van der Waals surface area contributed by atoms with E-state index in [4.69, 9.17) is 16.3 Å². The van der Waals surface area contributed by atoms with Gasteiger partial charge in [0.2, 0.25) is 0 Å². The Hall–Kier alpha value is -2.97. The van der Waals surface area contributed by atoms with Gasteiger partial charge in [0.1, 0.15) is 23.1 Å². The number of phenolic OH excluding ortho intramolecular Hbond substituents is 1. The molecule has 0 bridgehead atoms. The van der Waals surface area contributed by atoms with E-state index in [0.29, 0.717) is 22.0 Å². The number of carbonyl (C=O) groups excluding carboxylic acids is 1. The highest BCUT2D eigenvalue weighted by Crippen LogP contribution is 2.26. The van der Waals surface area contributed by atoms with Crippen LogP contribution < -0.4 is 10.1 Å². The Labute approximate surface area is 138 Å². The van der Waals surface area contributed by atoms with E-state index >= 15 is 0 Å². The van der Waals surface area contributed by atoms with Gasteiger partial charge in [-0.15, -0.1) is 0 Å². The lowest BCUT2D eigenvalue weighted by atomic mass is 10.1. The fraction of sp³-hybridized carbons (Fsp3) is 0.0588. The number of hydrogen-bond acceptors (Lipinski definition) is 4. The van der Waals surface area contributed by atoms with Crippen molar-refractivity contribution >= 4 is 29.3 Å². The molecule has 0 heterocycles. The first kappa shape index (κ1) is 16.4. The Morgan fingerprint density at radius 2 is 2.09 bits per heavy atom. The largest absolute Gasteiger partial charge is 0.507 e. The third-order valence-electron chi connectivity index (χ3n) is 3.02. The Bertz CT molecular complexity index is 810. The summed E-state index contributed by atoms with van der Waals surface area (Å²) in [5, 5.41) is 22.0. The van der Waals surface area contributed by atoms with Gasteiger partial charge in [-0.3, -0.25) is 4.79 Å². The van der Waals surface area contributed by atoms with Gasteiger partial charge in [-0.2, -0.15) is 5.26 Å². The lowest BCUT2D eigenvalue weighted by Crippen LogP contribution is -2.13. The van der Waals surface area contributed by atoms with E-state index in [1.165, 1.54) is 19.3 Å². The molecule has 0 aromatic heterocycles. The van der Waals surface area contributed by atoms with Crippen LogP contribution in [0.15, 0.2) is 48.0 Å². The predicted molar refractivity (Wildman–Crippen MR) is 88.3 cm³/mol. The van der Waals surface area contributed by atoms with Gasteiger partial charge in [0.15, 0.2) is 0 Å². The van der Waals surface area contributed by atoms with E-state index in [-0.39, 0.29) is 11.3 Å². The summed E-state index contributed by atoms with van der Waals surface area (Å²) in [6, 6.07) is 13.1. The van der Waals surface area contributed by atoms with Crippen LogP contribution in [0.4, 0.5) is 5.69 Å². The Kier molecular flexibility index (Phi) is 5.23. The zero-order valence-corrected chi connectivity index (χ0v) is 13.0. The van der Waals surface area contributed by atoms with Crippen LogP contribution in [0.2, 0.25) is 5.02 Å². The fourth-order valence-corrected chi connectivity index (χ4v) is 2.01. The molecule has 0 saturated heterocycles. The molecule has 2 rings (SSSR count). The van der Waals surface area contributed by atoms with E-state index in [1.54, 1.807) is 36.4 Å². The predicted octanol–water partition coefficient (Wildman–Crippen LogP) is 3.60. The molecule has 2 N–H and O–H groups in total. The number of nitriles is 1. The highest BCUT2D eigenvalue weighted by Gasteiger charge is 2.12. The van der Waals surface area contributed by atoms with E-state index in [2.05, 4.69) is 5.32 Å². The minimum atomic E-state index is -0.615. The summed E-state index contributed by atoms with van der Waals surface area (Å²) < 4.78 is 4.98. The van der Waals surface area contributed by atoms with Crippen LogP contribution in [0, 0.1) is 11.3 Å². The quantitative estimate of drug-likeness (QED) is 0.663. The minimum Gasteiger partial charge on any atom is -0.507 e. The second kappa shape index (κ2) is 7.34. The minimum absolute atomic E-state index is 0.0948. The molecule has 116 valence electrons. The Morgan fingerprint density at radius 1 is 1.35 bits per heavy atom. The van der Waals surface area contributed by atoms with Crippen molar-refractivity contribution in [2.75, 3.05) is 12.4 Å². The molecule has 0 saturated carbocycles. The van der Waals surface area contributed by atoms with Crippen LogP contribution >= 0.6 is 11.6 Å². The van der Waals surface area contributed by atoms with E-state index in [1.807, 2.05) is 6.07 Å². The summed E-state index contributed by atoms with van der Waals surface area (Å²) in [5.41, 5.74) is 0.571. The zero-order chi connectivity index (χ0) is 16.8. The molecule has 0 aliphatic rings. The number of aromatic hydroxyl groups is 1. The molecule has 23 heavy (non-hydrogen) atoms. The van der Waals surface area contributed by atoms with Crippen molar-refractivity contribution in [1.29, 1.82) is 5.26 Å². The van der Waals surface area contributed by atoms with Crippen molar-refractivity contribution in [3.8, 4) is 17.6 Å². The number of amides is 1. The van der Waals surface area contributed by atoms with Crippen molar-refractivity contribution in [3.05, 3.63) is 58.6 Å². The van der Waals surface area contributed by atoms with Crippen LogP contribution in [0.5, 0.6) is 11.5 Å². The van der Waals surface area contributed by atoms with Crippen molar-refractivity contribution < 1.29 is 14.6 Å². The average Bonchev–Trinajstić information content (AvgIpc) is 2.55. The number of phenols is 1. The first-order valence-corrected chi connectivity index (χ1v) is 6.97. The first-order chi connectivity index (χ1) is 11.0. The Balaban J connectivity index is 2.27. The van der Waals surface area contributed by atoms with Crippen LogP contribution in [0.25, 0.3) is 6.08 Å². The second-order valence-electron chi connectivity index (χ2n) is 4.53. The smallest absolute Gasteiger partial charge is 0.266 e. The molecule has 2 aromatic carbocycles. The number of nitrogens with zero attached hydrogens (tertiary/aromatic N) is 1. The maximum atomic E-state index is 12.2. The summed E-state index contributed by atoms with van der Waals surface area (Å²) in [4.78, 5) is 12.2. The SMILES string of the molecule is COc1ccc(/C=C(\C#N)C(=O)Nc2ccccc2Cl)c(O)c1. The molecule has 0 aliphatic heterocycles. The molecule has 0 radical (unpaired) electrons. The number of nitrogens with one attached hydrogen (secondary N) is 1. The summed E-state index contributed by atoms with van der Waals surface area (Å²) in [6.45, 7) is 0. The summed E-state index contributed by atoms with van der Waals surface area (Å²) >= 11 is 5.96. The molecule has 0 fully saturated rings. The number of anilines is 1. The third kappa shape index (κ3) is 4.02. The normalized spacial score (nSPS) is 10.7. The Morgan fingerprint density at radius 3 is 2.70 bits per heavy atom. The number of para-hydroxylation sites is 1. The van der Waals surface area contributed by atoms with Crippen molar-refractivity contribution in [2.45, 2.75) is 0 Å². The van der Waals surface area contributed by atoms with E-state index in [0.717, 1.165) is 0 Å². The summed E-state index contributed by atoms with van der Waals surface area (Å²) in [6.07, 6.45) is 1.29. The standard InChI is InChI=1S/C17H13ClN2O3/c1-23-13-7-6-11(16(21)9-13)8-12(10-19)17(22)20-15-5-3-2-4-14(15)18/h2-9,21H,1H3,(H,20,22)/b12-8+. The van der Waals surface area contributed by atoms with Gasteiger partial charge in [0.05, 0.1) is 17.8 Å². The molecule has 0 unspecified atom stereocenters. The number of benzene rings is 2. The molecule has 0 aliphatic carbocycles. The monoisotopic (exact) mass is 328 g/mol. The van der Waals surface area contributed by atoms with E-state index < -0.39 is 5.91 Å². The number of rotatable bonds is 4. The van der Waals surface area contributed by atoms with Gasteiger partial charge in [-0.25, -0.2) is 0 Å². The summed E-state index contributed by atoms with van der Waals surface area (Å²) in [5.74, 6) is -0.239. The van der Waals surface area contributed by atoms with Gasteiger partial charge in [0.25, 0.3) is 5.91 Å². The molecular weight excluding hydrogens is 316 g/mol. The van der Waals surface area contributed by atoms with Crippen LogP contribution in [-0.4, -0.2) is 18.1 Å². The van der Waals surface area contributed by atoms with Gasteiger partial charge < -0.3 is 15.2 Å². The highest BCUT2D eigenvalue weighted by molar-refractivity contribution is 6.34. The maximum Gasteiger partial charge on any atom is 0.266 e. The summed E-state index contributed by atoms with van der Waals surface area (Å²) in [7, 11) is 1.47. The fourth-order valence-electron chi connectivity index (χ4n) is 1.83. The van der Waals surface area contributed by atoms with Gasteiger partial charge in [0, 0.05) is 11.6 Å². The molecule has 0 spiro atoms. The second-order valence-corrected chi connectivity index (χ2v) is 4.94. The lowest BCUT2D eigenvalue weighted by molar-refractivity contribution is -0.112. The highest BCUT2D eigenvalue weighted by atomic mass is 35.5. The average molecular weight is 329 g/mol. The van der Waals surface area contributed by atoms with Crippen molar-refractivity contribution in [1.82, 2.24) is 0 Å². The molecule has 0 atom stereocenters. The molecule has 2 aromatic rings. The maximum absolute atomic E-state index is 12.2. The molecule has 6 heteroatoms. The zero-order valence-electron chi connectivity index (χ0n) is 12.2. The van der Waals surface area contributed by atoms with Crippen LogP contribution in [-0.2, 0) is 4.79 Å². The number of halogens is 1. The first-order valence-electron chi connectivity index (χ1n) is 6.60. The van der Waals surface area contributed by atoms with Crippen molar-refractivity contribution in [3.63, 3.8) is 0 Å². The van der Waals surface area contributed by atoms with Gasteiger partial charge in [-0.05, 0) is 30.3 Å². The lowest BCUT2D eigenvalue weighted by Gasteiger charge is -2.07. The topological polar surface area (TPSA) is 82.3 Å². The number of carbonyl (C=O) groups is 1. The van der Waals surface area contributed by atoms with Crippen LogP contribution in [0.3, 0.4) is 0 Å². The molecule has 5 nitrogen and oxygen atoms in total. The number of methoxy groups -OCH3 is 1. The number of ether oxygens (including phenoxy) is 1. The van der Waals surface area contributed by atoms with Gasteiger partial charge in [-0.1, -0.05) is 23.7 Å². The van der Waals surface area contributed by atoms with Gasteiger partial charge >= 0.3 is 0 Å². The molecular formula is C17H13ClN2O3. The van der Waals surface area contributed by atoms with Crippen molar-refractivity contribution in [2.24, 2.45) is 0 Å².